The number of carbonyl (C=O) groups is 2. The second kappa shape index (κ2) is 14.4. The van der Waals surface area contributed by atoms with Crippen molar-refractivity contribution < 1.29 is 14.3 Å². The van der Waals surface area contributed by atoms with E-state index in [0.717, 1.165) is 12.3 Å². The van der Waals surface area contributed by atoms with E-state index in [4.69, 9.17) is 4.74 Å². The topological polar surface area (TPSA) is 67.4 Å². The van der Waals surface area contributed by atoms with Gasteiger partial charge in [0.25, 0.3) is 0 Å². The Morgan fingerprint density at radius 3 is 1.77 bits per heavy atom. The second-order valence-corrected chi connectivity index (χ2v) is 17.0. The summed E-state index contributed by atoms with van der Waals surface area (Å²) >= 11 is 0. The third-order valence-electron chi connectivity index (χ3n) is 8.03. The lowest BCUT2D eigenvalue weighted by molar-refractivity contribution is -0.125. The number of nitrogens with one attached hydrogen (secondary N) is 2. The van der Waals surface area contributed by atoms with E-state index in [0.29, 0.717) is 0 Å². The number of carbonyl (C=O) groups excluding carboxylic acids is 2. The van der Waals surface area contributed by atoms with E-state index in [1.165, 1.54) is 26.9 Å². The molecule has 0 saturated heterocycles. The summed E-state index contributed by atoms with van der Waals surface area (Å²) in [6, 6.07) is 36.1. The summed E-state index contributed by atoms with van der Waals surface area (Å²) in [5, 5.41) is 11.3. The minimum Gasteiger partial charge on any atom is -0.444 e. The SMILES string of the molecule is CC(C)C(NC(=O)OC(C)(C)C)C(=O)N[C@H](C[P+](Cc1ccc2ccccc2c1)(c1ccccc1)c1ccccc1)C(C)C. The molecule has 2 amide bonds. The number of benzene rings is 4. The molecule has 0 fully saturated rings. The van der Waals surface area contributed by atoms with Gasteiger partial charge in [0.15, 0.2) is 0 Å². The molecule has 0 aromatic heterocycles. The Hall–Kier alpha value is -3.69. The van der Waals surface area contributed by atoms with Crippen LogP contribution in [-0.2, 0) is 15.7 Å². The minimum atomic E-state index is -2.10. The van der Waals surface area contributed by atoms with Crippen molar-refractivity contribution in [1.82, 2.24) is 10.6 Å². The maximum absolute atomic E-state index is 13.9. The molecule has 2 N–H and O–H groups in total. The quantitative estimate of drug-likeness (QED) is 0.171. The molecule has 44 heavy (non-hydrogen) atoms. The van der Waals surface area contributed by atoms with E-state index in [-0.39, 0.29) is 23.8 Å². The molecule has 0 spiro atoms. The zero-order valence-corrected chi connectivity index (χ0v) is 28.1. The van der Waals surface area contributed by atoms with E-state index in [2.05, 4.69) is 128 Å². The fourth-order valence-electron chi connectivity index (χ4n) is 5.68. The smallest absolute Gasteiger partial charge is 0.408 e. The van der Waals surface area contributed by atoms with Crippen LogP contribution in [0.4, 0.5) is 4.79 Å². The van der Waals surface area contributed by atoms with Crippen molar-refractivity contribution in [3.05, 3.63) is 109 Å². The van der Waals surface area contributed by atoms with E-state index < -0.39 is 25.0 Å². The molecule has 6 heteroatoms. The van der Waals surface area contributed by atoms with Gasteiger partial charge in [0, 0.05) is 0 Å². The average Bonchev–Trinajstić information content (AvgIpc) is 2.98. The predicted octanol–water partition coefficient (Wildman–Crippen LogP) is 7.70. The maximum Gasteiger partial charge on any atom is 0.408 e. The van der Waals surface area contributed by atoms with Gasteiger partial charge in [-0.15, -0.1) is 0 Å². The first-order valence-corrected chi connectivity index (χ1v) is 17.8. The number of fused-ring (bicyclic) bond motifs is 1. The molecule has 2 atom stereocenters. The van der Waals surface area contributed by atoms with E-state index in [9.17, 15) is 9.59 Å². The zero-order chi connectivity index (χ0) is 31.9. The number of ether oxygens (including phenoxy) is 1. The fourth-order valence-corrected chi connectivity index (χ4v) is 10.4. The monoisotopic (exact) mass is 611 g/mol. The Morgan fingerprint density at radius 2 is 1.25 bits per heavy atom. The first kappa shape index (κ1) is 33.2. The molecule has 4 aromatic rings. The third-order valence-corrected chi connectivity index (χ3v) is 12.5. The molecular formula is C38H48N2O3P+. The number of hydrogen-bond acceptors (Lipinski definition) is 3. The molecular weight excluding hydrogens is 563 g/mol. The van der Waals surface area contributed by atoms with Gasteiger partial charge in [-0.1, -0.05) is 100 Å². The highest BCUT2D eigenvalue weighted by Crippen LogP contribution is 2.60. The third kappa shape index (κ3) is 8.48. The van der Waals surface area contributed by atoms with Crippen molar-refractivity contribution in [3.63, 3.8) is 0 Å². The van der Waals surface area contributed by atoms with E-state index in [1.807, 2.05) is 34.6 Å². The summed E-state index contributed by atoms with van der Waals surface area (Å²) in [4.78, 5) is 26.6. The van der Waals surface area contributed by atoms with Gasteiger partial charge in [0.05, 0.1) is 36.2 Å². The molecule has 0 radical (unpaired) electrons. The van der Waals surface area contributed by atoms with Crippen LogP contribution in [0.3, 0.4) is 0 Å². The summed E-state index contributed by atoms with van der Waals surface area (Å²) in [6.07, 6.45) is 1.07. The minimum absolute atomic E-state index is 0.115. The molecule has 4 rings (SSSR count). The number of alkyl carbamates (subject to hydrolysis) is 1. The summed E-state index contributed by atoms with van der Waals surface area (Å²) < 4.78 is 5.49. The van der Waals surface area contributed by atoms with Crippen molar-refractivity contribution in [3.8, 4) is 0 Å². The van der Waals surface area contributed by atoms with Crippen LogP contribution in [-0.4, -0.2) is 35.8 Å². The van der Waals surface area contributed by atoms with Crippen molar-refractivity contribution in [1.29, 1.82) is 0 Å². The van der Waals surface area contributed by atoms with Crippen LogP contribution in [0.2, 0.25) is 0 Å². The molecule has 0 saturated carbocycles. The molecule has 232 valence electrons. The van der Waals surface area contributed by atoms with Crippen molar-refractivity contribution in [2.75, 3.05) is 6.16 Å². The highest BCUT2D eigenvalue weighted by atomic mass is 31.2. The summed E-state index contributed by atoms with van der Waals surface area (Å²) in [5.74, 6) is -0.137. The number of rotatable bonds is 11. The van der Waals surface area contributed by atoms with Crippen molar-refractivity contribution >= 4 is 40.6 Å². The van der Waals surface area contributed by atoms with Gasteiger partial charge in [0.2, 0.25) is 5.91 Å². The normalized spacial score (nSPS) is 13.5. The predicted molar refractivity (Wildman–Crippen MR) is 186 cm³/mol. The van der Waals surface area contributed by atoms with Crippen molar-refractivity contribution in [2.24, 2.45) is 11.8 Å². The van der Waals surface area contributed by atoms with Crippen LogP contribution >= 0.6 is 7.26 Å². The molecule has 5 nitrogen and oxygen atoms in total. The number of amides is 2. The van der Waals surface area contributed by atoms with E-state index >= 15 is 0 Å². The van der Waals surface area contributed by atoms with Gasteiger partial charge < -0.3 is 15.4 Å². The van der Waals surface area contributed by atoms with Crippen LogP contribution < -0.4 is 21.2 Å². The highest BCUT2D eigenvalue weighted by molar-refractivity contribution is 7.88. The van der Waals surface area contributed by atoms with Gasteiger partial charge in [-0.3, -0.25) is 4.79 Å². The van der Waals surface area contributed by atoms with Gasteiger partial charge in [-0.05, 0) is 79.3 Å². The Kier molecular flexibility index (Phi) is 10.9. The zero-order valence-electron chi connectivity index (χ0n) is 27.2. The molecule has 0 aliphatic rings. The lowest BCUT2D eigenvalue weighted by Crippen LogP contribution is -2.55. The maximum atomic E-state index is 13.9. The van der Waals surface area contributed by atoms with Gasteiger partial charge in [-0.25, -0.2) is 4.79 Å². The largest absolute Gasteiger partial charge is 0.444 e. The lowest BCUT2D eigenvalue weighted by Gasteiger charge is -2.34. The van der Waals surface area contributed by atoms with Crippen LogP contribution in [0.15, 0.2) is 103 Å². The average molecular weight is 612 g/mol. The first-order valence-electron chi connectivity index (χ1n) is 15.6. The van der Waals surface area contributed by atoms with Crippen LogP contribution in [0.1, 0.15) is 54.0 Å². The Labute approximate surface area is 264 Å². The van der Waals surface area contributed by atoms with E-state index in [1.54, 1.807) is 0 Å². The number of hydrogen-bond donors (Lipinski definition) is 2. The van der Waals surface area contributed by atoms with Gasteiger partial charge >= 0.3 is 6.09 Å². The molecule has 4 aromatic carbocycles. The van der Waals surface area contributed by atoms with Crippen LogP contribution in [0.5, 0.6) is 0 Å². The van der Waals surface area contributed by atoms with Crippen LogP contribution in [0.25, 0.3) is 10.8 Å². The fraction of sp³-hybridized carbons (Fsp3) is 0.368. The Morgan fingerprint density at radius 1 is 0.705 bits per heavy atom. The summed E-state index contributed by atoms with van der Waals surface area (Å²) in [7, 11) is -2.10. The highest BCUT2D eigenvalue weighted by Gasteiger charge is 2.46. The second-order valence-electron chi connectivity index (χ2n) is 13.4. The molecule has 1 unspecified atom stereocenters. The summed E-state index contributed by atoms with van der Waals surface area (Å²) in [6.45, 7) is 13.7. The lowest BCUT2D eigenvalue weighted by atomic mass is 10.0. The molecule has 0 heterocycles. The Balaban J connectivity index is 1.75. The van der Waals surface area contributed by atoms with Crippen molar-refractivity contribution in [2.45, 2.75) is 72.3 Å². The molecule has 0 aliphatic heterocycles. The van der Waals surface area contributed by atoms with Crippen LogP contribution in [0, 0.1) is 11.8 Å². The first-order chi connectivity index (χ1) is 20.9. The standard InChI is InChI=1S/C38H47N2O3P/c1-27(2)34(39-36(41)35(28(3)4)40-37(42)43-38(5,6)7)26-44(32-18-10-8-11-19-32,33-20-12-9-13-21-33)25-29-22-23-30-16-14-15-17-31(30)24-29/h8-24,27-28,34-35H,25-26H2,1-7H3,(H-,39,40,41,42)/p+1/t34-,35?/m1/s1. The van der Waals surface area contributed by atoms with Gasteiger partial charge in [0.1, 0.15) is 11.6 Å². The summed E-state index contributed by atoms with van der Waals surface area (Å²) in [5.41, 5.74) is 0.631. The Bertz CT molecular complexity index is 1490. The molecule has 0 bridgehead atoms. The van der Waals surface area contributed by atoms with Gasteiger partial charge in [-0.2, -0.15) is 0 Å². The molecule has 0 aliphatic carbocycles.